The predicted octanol–water partition coefficient (Wildman–Crippen LogP) is 3.88. The largest absolute Gasteiger partial charge is 0.466 e. The average molecular weight is 224 g/mol. The SMILES string of the molecule is C=CCC(CC)(CC=C(C)C)C(=O)OCC. The fourth-order valence-corrected chi connectivity index (χ4v) is 1.64. The molecule has 0 fully saturated rings. The van der Waals surface area contributed by atoms with Gasteiger partial charge in [0.1, 0.15) is 0 Å². The highest BCUT2D eigenvalue weighted by Crippen LogP contribution is 2.33. The minimum atomic E-state index is -0.422. The van der Waals surface area contributed by atoms with Crippen LogP contribution in [-0.2, 0) is 9.53 Å². The van der Waals surface area contributed by atoms with Crippen LogP contribution in [0.3, 0.4) is 0 Å². The van der Waals surface area contributed by atoms with Crippen LogP contribution in [0.1, 0.15) is 47.0 Å². The van der Waals surface area contributed by atoms with Crippen molar-refractivity contribution < 1.29 is 9.53 Å². The van der Waals surface area contributed by atoms with Crippen LogP contribution >= 0.6 is 0 Å². The van der Waals surface area contributed by atoms with Crippen LogP contribution in [-0.4, -0.2) is 12.6 Å². The summed E-state index contributed by atoms with van der Waals surface area (Å²) in [6.07, 6.45) is 6.09. The first-order valence-electron chi connectivity index (χ1n) is 5.94. The molecule has 0 aromatic rings. The Hall–Kier alpha value is -1.05. The van der Waals surface area contributed by atoms with Crippen LogP contribution in [0.25, 0.3) is 0 Å². The Morgan fingerprint density at radius 3 is 2.31 bits per heavy atom. The highest BCUT2D eigenvalue weighted by atomic mass is 16.5. The summed E-state index contributed by atoms with van der Waals surface area (Å²) in [7, 11) is 0. The summed E-state index contributed by atoms with van der Waals surface area (Å²) in [6, 6.07) is 0. The second-order valence-corrected chi connectivity index (χ2v) is 4.33. The maximum Gasteiger partial charge on any atom is 0.312 e. The van der Waals surface area contributed by atoms with E-state index in [4.69, 9.17) is 4.74 Å². The summed E-state index contributed by atoms with van der Waals surface area (Å²) >= 11 is 0. The van der Waals surface area contributed by atoms with E-state index in [1.165, 1.54) is 5.57 Å². The zero-order valence-corrected chi connectivity index (χ0v) is 11.0. The van der Waals surface area contributed by atoms with Crippen molar-refractivity contribution in [1.29, 1.82) is 0 Å². The predicted molar refractivity (Wildman–Crippen MR) is 68.2 cm³/mol. The molecule has 92 valence electrons. The summed E-state index contributed by atoms with van der Waals surface area (Å²) < 4.78 is 5.17. The van der Waals surface area contributed by atoms with Gasteiger partial charge in [0.05, 0.1) is 12.0 Å². The van der Waals surface area contributed by atoms with Gasteiger partial charge in [-0.25, -0.2) is 0 Å². The third kappa shape index (κ3) is 4.21. The lowest BCUT2D eigenvalue weighted by Gasteiger charge is -2.28. The van der Waals surface area contributed by atoms with E-state index in [9.17, 15) is 4.79 Å². The van der Waals surface area contributed by atoms with E-state index in [1.807, 2.05) is 27.7 Å². The summed E-state index contributed by atoms with van der Waals surface area (Å²) in [5.74, 6) is -0.102. The maximum atomic E-state index is 12.0. The Balaban J connectivity index is 4.89. The zero-order valence-electron chi connectivity index (χ0n) is 11.0. The van der Waals surface area contributed by atoms with Crippen LogP contribution in [0.2, 0.25) is 0 Å². The standard InChI is InChI=1S/C14H24O2/c1-6-10-14(7-2,11-9-12(4)5)13(15)16-8-3/h6,9H,1,7-8,10-11H2,2-5H3. The molecule has 0 N–H and O–H groups in total. The van der Waals surface area contributed by atoms with Crippen molar-refractivity contribution in [1.82, 2.24) is 0 Å². The van der Waals surface area contributed by atoms with Crippen molar-refractivity contribution >= 4 is 5.97 Å². The molecule has 2 heteroatoms. The van der Waals surface area contributed by atoms with Gasteiger partial charge in [0, 0.05) is 0 Å². The van der Waals surface area contributed by atoms with Gasteiger partial charge in [0.15, 0.2) is 0 Å². The molecule has 0 aliphatic rings. The summed E-state index contributed by atoms with van der Waals surface area (Å²) in [4.78, 5) is 12.0. The van der Waals surface area contributed by atoms with Crippen LogP contribution < -0.4 is 0 Å². The third-order valence-electron chi connectivity index (χ3n) is 2.82. The second kappa shape index (κ2) is 7.26. The molecule has 2 nitrogen and oxygen atoms in total. The molecule has 0 rings (SSSR count). The Kier molecular flexibility index (Phi) is 6.78. The van der Waals surface area contributed by atoms with Gasteiger partial charge in [0.25, 0.3) is 0 Å². The summed E-state index contributed by atoms with van der Waals surface area (Å²) in [6.45, 7) is 12.1. The number of esters is 1. The Labute approximate surface area is 99.4 Å². The number of rotatable bonds is 7. The molecular formula is C14H24O2. The van der Waals surface area contributed by atoms with Gasteiger partial charge < -0.3 is 4.74 Å². The van der Waals surface area contributed by atoms with Crippen LogP contribution in [0.4, 0.5) is 0 Å². The quantitative estimate of drug-likeness (QED) is 0.484. The number of allylic oxidation sites excluding steroid dienone is 3. The highest BCUT2D eigenvalue weighted by Gasteiger charge is 2.35. The van der Waals surface area contributed by atoms with Crippen molar-refractivity contribution in [2.24, 2.45) is 5.41 Å². The van der Waals surface area contributed by atoms with Crippen molar-refractivity contribution in [3.8, 4) is 0 Å². The molecule has 0 amide bonds. The lowest BCUT2D eigenvalue weighted by Crippen LogP contribution is -2.31. The van der Waals surface area contributed by atoms with Gasteiger partial charge in [-0.2, -0.15) is 0 Å². The fraction of sp³-hybridized carbons (Fsp3) is 0.643. The molecule has 0 aromatic heterocycles. The number of hydrogen-bond acceptors (Lipinski definition) is 2. The molecule has 1 unspecified atom stereocenters. The number of carbonyl (C=O) groups excluding carboxylic acids is 1. The average Bonchev–Trinajstić information content (AvgIpc) is 2.24. The first kappa shape index (κ1) is 14.9. The van der Waals surface area contributed by atoms with Crippen molar-refractivity contribution in [2.75, 3.05) is 6.61 Å². The van der Waals surface area contributed by atoms with E-state index in [0.29, 0.717) is 13.0 Å². The minimum Gasteiger partial charge on any atom is -0.466 e. The smallest absolute Gasteiger partial charge is 0.312 e. The third-order valence-corrected chi connectivity index (χ3v) is 2.82. The molecule has 1 atom stereocenters. The van der Waals surface area contributed by atoms with E-state index in [1.54, 1.807) is 6.08 Å². The summed E-state index contributed by atoms with van der Waals surface area (Å²) in [5, 5.41) is 0. The van der Waals surface area contributed by atoms with E-state index in [-0.39, 0.29) is 5.97 Å². The Morgan fingerprint density at radius 2 is 1.94 bits per heavy atom. The molecule has 16 heavy (non-hydrogen) atoms. The van der Waals surface area contributed by atoms with Crippen molar-refractivity contribution in [2.45, 2.75) is 47.0 Å². The van der Waals surface area contributed by atoms with Gasteiger partial charge in [-0.3, -0.25) is 4.79 Å². The monoisotopic (exact) mass is 224 g/mol. The molecule has 0 spiro atoms. The topological polar surface area (TPSA) is 26.3 Å². The van der Waals surface area contributed by atoms with E-state index < -0.39 is 5.41 Å². The Bertz CT molecular complexity index is 262. The zero-order chi connectivity index (χ0) is 12.6. The Morgan fingerprint density at radius 1 is 1.31 bits per heavy atom. The first-order chi connectivity index (χ1) is 7.52. The number of hydrogen-bond donors (Lipinski definition) is 0. The lowest BCUT2D eigenvalue weighted by molar-refractivity contribution is -0.155. The molecule has 0 aromatic carbocycles. The van der Waals surface area contributed by atoms with Crippen LogP contribution in [0.5, 0.6) is 0 Å². The van der Waals surface area contributed by atoms with Gasteiger partial charge in [-0.05, 0) is 40.0 Å². The van der Waals surface area contributed by atoms with Gasteiger partial charge in [-0.1, -0.05) is 24.6 Å². The van der Waals surface area contributed by atoms with Crippen molar-refractivity contribution in [3.63, 3.8) is 0 Å². The highest BCUT2D eigenvalue weighted by molar-refractivity contribution is 5.77. The molecule has 0 saturated heterocycles. The number of ether oxygens (including phenoxy) is 1. The first-order valence-corrected chi connectivity index (χ1v) is 5.94. The molecular weight excluding hydrogens is 200 g/mol. The maximum absolute atomic E-state index is 12.0. The summed E-state index contributed by atoms with van der Waals surface area (Å²) in [5.41, 5.74) is 0.806. The fourth-order valence-electron chi connectivity index (χ4n) is 1.64. The second-order valence-electron chi connectivity index (χ2n) is 4.33. The molecule has 0 radical (unpaired) electrons. The normalized spacial score (nSPS) is 13.8. The van der Waals surface area contributed by atoms with Gasteiger partial charge >= 0.3 is 5.97 Å². The van der Waals surface area contributed by atoms with Gasteiger partial charge in [-0.15, -0.1) is 6.58 Å². The van der Waals surface area contributed by atoms with E-state index in [0.717, 1.165) is 12.8 Å². The lowest BCUT2D eigenvalue weighted by atomic mass is 9.78. The van der Waals surface area contributed by atoms with Crippen LogP contribution in [0.15, 0.2) is 24.3 Å². The molecule has 0 saturated carbocycles. The molecule has 0 heterocycles. The molecule has 0 bridgehead atoms. The van der Waals surface area contributed by atoms with Crippen molar-refractivity contribution in [3.05, 3.63) is 24.3 Å². The number of carbonyl (C=O) groups is 1. The van der Waals surface area contributed by atoms with Crippen LogP contribution in [0, 0.1) is 5.41 Å². The molecule has 0 aliphatic carbocycles. The van der Waals surface area contributed by atoms with Gasteiger partial charge in [0.2, 0.25) is 0 Å². The minimum absolute atomic E-state index is 0.102. The molecule has 0 aliphatic heterocycles. The van der Waals surface area contributed by atoms with E-state index in [2.05, 4.69) is 12.7 Å². The van der Waals surface area contributed by atoms with E-state index >= 15 is 0 Å².